The lowest BCUT2D eigenvalue weighted by Gasteiger charge is -2.27. The Morgan fingerprint density at radius 3 is 2.63 bits per heavy atom. The molecule has 0 unspecified atom stereocenters. The van der Waals surface area contributed by atoms with Crippen molar-refractivity contribution < 1.29 is 4.74 Å². The zero-order valence-corrected chi connectivity index (χ0v) is 14.0. The Kier molecular flexibility index (Phi) is 7.42. The lowest BCUT2D eigenvalue weighted by molar-refractivity contribution is 0.204. The quantitative estimate of drug-likeness (QED) is 0.792. The van der Waals surface area contributed by atoms with Crippen molar-refractivity contribution in [1.29, 1.82) is 0 Å². The molecule has 0 saturated heterocycles. The number of anilines is 1. The summed E-state index contributed by atoms with van der Waals surface area (Å²) in [4.78, 5) is 2.38. The van der Waals surface area contributed by atoms with E-state index < -0.39 is 0 Å². The molecule has 0 heterocycles. The molecule has 0 radical (unpaired) electrons. The van der Waals surface area contributed by atoms with Crippen LogP contribution in [0.3, 0.4) is 0 Å². The smallest absolute Gasteiger partial charge is 0.0637 e. The fraction of sp³-hybridized carbons (Fsp3) is 0.600. The molecule has 0 atom stereocenters. The molecule has 19 heavy (non-hydrogen) atoms. The highest BCUT2D eigenvalue weighted by atomic mass is 79.9. The summed E-state index contributed by atoms with van der Waals surface area (Å²) < 4.78 is 6.36. The van der Waals surface area contributed by atoms with Gasteiger partial charge < -0.3 is 15.0 Å². The monoisotopic (exact) mass is 328 g/mol. The molecule has 1 N–H and O–H groups in total. The van der Waals surface area contributed by atoms with Crippen molar-refractivity contribution >= 4 is 21.6 Å². The minimum Gasteiger partial charge on any atom is -0.383 e. The molecule has 0 fully saturated rings. The van der Waals surface area contributed by atoms with Gasteiger partial charge in [0.05, 0.1) is 12.3 Å². The van der Waals surface area contributed by atoms with Gasteiger partial charge in [0.1, 0.15) is 0 Å². The van der Waals surface area contributed by atoms with Gasteiger partial charge in [-0.05, 0) is 46.6 Å². The zero-order valence-electron chi connectivity index (χ0n) is 12.4. The highest BCUT2D eigenvalue weighted by molar-refractivity contribution is 9.10. The first kappa shape index (κ1) is 16.5. The molecule has 3 nitrogen and oxygen atoms in total. The van der Waals surface area contributed by atoms with Crippen molar-refractivity contribution in [2.75, 3.05) is 38.8 Å². The Morgan fingerprint density at radius 2 is 2.11 bits per heavy atom. The predicted molar refractivity (Wildman–Crippen MR) is 85.8 cm³/mol. The SMILES string of the molecule is CNCc1ccc(N(CCOC)CC(C)C)c(Br)c1. The van der Waals surface area contributed by atoms with E-state index in [1.807, 2.05) is 7.05 Å². The van der Waals surface area contributed by atoms with Crippen molar-refractivity contribution in [3.05, 3.63) is 28.2 Å². The van der Waals surface area contributed by atoms with E-state index in [0.717, 1.165) is 30.7 Å². The molecule has 0 aliphatic carbocycles. The third kappa shape index (κ3) is 5.51. The van der Waals surface area contributed by atoms with Crippen LogP contribution < -0.4 is 10.2 Å². The molecule has 0 bridgehead atoms. The summed E-state index contributed by atoms with van der Waals surface area (Å²) in [5.74, 6) is 0.626. The van der Waals surface area contributed by atoms with Gasteiger partial charge in [-0.25, -0.2) is 0 Å². The number of benzene rings is 1. The molecule has 1 rings (SSSR count). The van der Waals surface area contributed by atoms with Gasteiger partial charge in [0, 0.05) is 31.2 Å². The molecule has 0 aliphatic rings. The Morgan fingerprint density at radius 1 is 1.37 bits per heavy atom. The Bertz CT molecular complexity index is 382. The fourth-order valence-electron chi connectivity index (χ4n) is 2.07. The van der Waals surface area contributed by atoms with Gasteiger partial charge in [0.25, 0.3) is 0 Å². The third-order valence-electron chi connectivity index (χ3n) is 2.88. The molecule has 0 amide bonds. The largest absolute Gasteiger partial charge is 0.383 e. The maximum absolute atomic E-state index is 5.21. The lowest BCUT2D eigenvalue weighted by Crippen LogP contribution is -2.31. The van der Waals surface area contributed by atoms with Crippen molar-refractivity contribution in [1.82, 2.24) is 5.32 Å². The van der Waals surface area contributed by atoms with Gasteiger partial charge in [-0.2, -0.15) is 0 Å². The second-order valence-electron chi connectivity index (χ2n) is 5.15. The first-order valence-corrected chi connectivity index (χ1v) is 7.54. The summed E-state index contributed by atoms with van der Waals surface area (Å²) in [6, 6.07) is 6.55. The van der Waals surface area contributed by atoms with Crippen LogP contribution in [0.2, 0.25) is 0 Å². The van der Waals surface area contributed by atoms with E-state index in [-0.39, 0.29) is 0 Å². The minimum atomic E-state index is 0.626. The summed E-state index contributed by atoms with van der Waals surface area (Å²) in [6.45, 7) is 8.07. The molecule has 0 aliphatic heterocycles. The van der Waals surface area contributed by atoms with Crippen LogP contribution in [0.1, 0.15) is 19.4 Å². The number of hydrogen-bond donors (Lipinski definition) is 1. The summed E-state index contributed by atoms with van der Waals surface area (Å²) in [5, 5.41) is 3.17. The second-order valence-corrected chi connectivity index (χ2v) is 6.00. The molecular weight excluding hydrogens is 304 g/mol. The van der Waals surface area contributed by atoms with Crippen LogP contribution in [0, 0.1) is 5.92 Å². The number of nitrogens with one attached hydrogen (secondary N) is 1. The maximum Gasteiger partial charge on any atom is 0.0637 e. The fourth-order valence-corrected chi connectivity index (χ4v) is 2.75. The third-order valence-corrected chi connectivity index (χ3v) is 3.52. The number of nitrogens with zero attached hydrogens (tertiary/aromatic N) is 1. The average molecular weight is 329 g/mol. The van der Waals surface area contributed by atoms with Crippen LogP contribution in [0.25, 0.3) is 0 Å². The van der Waals surface area contributed by atoms with Crippen LogP contribution in [0.5, 0.6) is 0 Å². The van der Waals surface area contributed by atoms with Crippen molar-refractivity contribution in [2.45, 2.75) is 20.4 Å². The van der Waals surface area contributed by atoms with E-state index >= 15 is 0 Å². The van der Waals surface area contributed by atoms with Crippen molar-refractivity contribution in [3.63, 3.8) is 0 Å². The number of methoxy groups -OCH3 is 1. The van der Waals surface area contributed by atoms with E-state index in [4.69, 9.17) is 4.74 Å². The van der Waals surface area contributed by atoms with Crippen LogP contribution >= 0.6 is 15.9 Å². The number of hydrogen-bond acceptors (Lipinski definition) is 3. The van der Waals surface area contributed by atoms with Gasteiger partial charge in [0.15, 0.2) is 0 Å². The average Bonchev–Trinajstić information content (AvgIpc) is 2.35. The first-order valence-electron chi connectivity index (χ1n) is 6.75. The van der Waals surface area contributed by atoms with Crippen molar-refractivity contribution in [2.24, 2.45) is 5.92 Å². The van der Waals surface area contributed by atoms with Gasteiger partial charge in [0.2, 0.25) is 0 Å². The second kappa shape index (κ2) is 8.56. The lowest BCUT2D eigenvalue weighted by atomic mass is 10.1. The van der Waals surface area contributed by atoms with E-state index in [0.29, 0.717) is 5.92 Å². The van der Waals surface area contributed by atoms with Gasteiger partial charge in [-0.1, -0.05) is 19.9 Å². The van der Waals surface area contributed by atoms with Gasteiger partial charge >= 0.3 is 0 Å². The minimum absolute atomic E-state index is 0.626. The van der Waals surface area contributed by atoms with Crippen LogP contribution in [-0.4, -0.2) is 33.9 Å². The molecule has 4 heteroatoms. The zero-order chi connectivity index (χ0) is 14.3. The molecule has 1 aromatic carbocycles. The number of halogens is 1. The molecule has 0 saturated carbocycles. The molecule has 1 aromatic rings. The maximum atomic E-state index is 5.21. The van der Waals surface area contributed by atoms with Crippen LogP contribution in [0.15, 0.2) is 22.7 Å². The van der Waals surface area contributed by atoms with Crippen LogP contribution in [-0.2, 0) is 11.3 Å². The highest BCUT2D eigenvalue weighted by Gasteiger charge is 2.12. The summed E-state index contributed by atoms with van der Waals surface area (Å²) in [5.41, 5.74) is 2.53. The summed E-state index contributed by atoms with van der Waals surface area (Å²) >= 11 is 3.69. The molecule has 0 aromatic heterocycles. The standard InChI is InChI=1S/C15H25BrN2O/c1-12(2)11-18(7-8-19-4)15-6-5-13(10-17-3)9-14(15)16/h5-6,9,12,17H,7-8,10-11H2,1-4H3. The Labute approximate surface area is 125 Å². The topological polar surface area (TPSA) is 24.5 Å². The summed E-state index contributed by atoms with van der Waals surface area (Å²) in [6.07, 6.45) is 0. The number of ether oxygens (including phenoxy) is 1. The normalized spacial score (nSPS) is 11.1. The predicted octanol–water partition coefficient (Wildman–Crippen LogP) is 3.28. The van der Waals surface area contributed by atoms with Crippen LogP contribution in [0.4, 0.5) is 5.69 Å². The van der Waals surface area contributed by atoms with Gasteiger partial charge in [-0.15, -0.1) is 0 Å². The van der Waals surface area contributed by atoms with E-state index in [9.17, 15) is 0 Å². The Hall–Kier alpha value is -0.580. The Balaban J connectivity index is 2.87. The molecular formula is C15H25BrN2O. The summed E-state index contributed by atoms with van der Waals surface area (Å²) in [7, 11) is 3.71. The van der Waals surface area contributed by atoms with E-state index in [1.54, 1.807) is 7.11 Å². The molecule has 0 spiro atoms. The van der Waals surface area contributed by atoms with Gasteiger partial charge in [-0.3, -0.25) is 0 Å². The first-order chi connectivity index (χ1) is 9.08. The van der Waals surface area contributed by atoms with E-state index in [1.165, 1.54) is 11.3 Å². The highest BCUT2D eigenvalue weighted by Crippen LogP contribution is 2.28. The van der Waals surface area contributed by atoms with Crippen molar-refractivity contribution in [3.8, 4) is 0 Å². The number of rotatable bonds is 8. The van der Waals surface area contributed by atoms with E-state index in [2.05, 4.69) is 58.2 Å². The molecule has 108 valence electrons.